The smallest absolute Gasteiger partial charge is 0.275 e. The molecule has 0 aliphatic carbocycles. The van der Waals surface area contributed by atoms with Gasteiger partial charge in [-0.1, -0.05) is 12.1 Å². The zero-order valence-electron chi connectivity index (χ0n) is 14.2. The van der Waals surface area contributed by atoms with Gasteiger partial charge in [0.1, 0.15) is 17.2 Å². The van der Waals surface area contributed by atoms with E-state index in [4.69, 9.17) is 14.2 Å². The van der Waals surface area contributed by atoms with Crippen molar-refractivity contribution in [1.82, 2.24) is 5.43 Å². The lowest BCUT2D eigenvalue weighted by atomic mass is 10.2. The molecule has 0 saturated carbocycles. The van der Waals surface area contributed by atoms with Gasteiger partial charge in [-0.3, -0.25) is 4.79 Å². The molecule has 0 aliphatic rings. The van der Waals surface area contributed by atoms with Crippen molar-refractivity contribution in [2.75, 3.05) is 20.8 Å². The van der Waals surface area contributed by atoms with Crippen LogP contribution in [-0.2, 0) is 0 Å². The number of hydrogen-bond donors (Lipinski definition) is 1. The van der Waals surface area contributed by atoms with Gasteiger partial charge in [0.15, 0.2) is 0 Å². The molecule has 0 radical (unpaired) electrons. The number of carbonyl (C=O) groups is 1. The van der Waals surface area contributed by atoms with E-state index < -0.39 is 0 Å². The van der Waals surface area contributed by atoms with Crippen LogP contribution in [-0.4, -0.2) is 32.9 Å². The van der Waals surface area contributed by atoms with Crippen LogP contribution < -0.4 is 19.6 Å². The first-order valence-corrected chi connectivity index (χ1v) is 8.36. The number of carbonyl (C=O) groups excluding carboxylic acids is 1. The molecule has 0 spiro atoms. The van der Waals surface area contributed by atoms with Gasteiger partial charge in [0.05, 0.1) is 37.1 Å². The van der Waals surface area contributed by atoms with Gasteiger partial charge in [0.2, 0.25) is 0 Å². The number of halogens is 1. The predicted molar refractivity (Wildman–Crippen MR) is 99.9 cm³/mol. The summed E-state index contributed by atoms with van der Waals surface area (Å²) in [5.41, 5.74) is 3.60. The number of ether oxygens (including phenoxy) is 3. The van der Waals surface area contributed by atoms with Crippen molar-refractivity contribution in [3.63, 3.8) is 0 Å². The molecule has 1 N–H and O–H groups in total. The van der Waals surface area contributed by atoms with Crippen LogP contribution in [0.1, 0.15) is 22.8 Å². The summed E-state index contributed by atoms with van der Waals surface area (Å²) in [4.78, 5) is 12.3. The molecule has 0 atom stereocenters. The second-order valence-corrected chi connectivity index (χ2v) is 5.71. The lowest BCUT2D eigenvalue weighted by Gasteiger charge is -2.10. The molecule has 1 amide bonds. The number of hydrazone groups is 1. The highest BCUT2D eigenvalue weighted by Crippen LogP contribution is 2.31. The van der Waals surface area contributed by atoms with Gasteiger partial charge in [-0.2, -0.15) is 5.10 Å². The van der Waals surface area contributed by atoms with Crippen LogP contribution in [0.2, 0.25) is 0 Å². The van der Waals surface area contributed by atoms with E-state index >= 15 is 0 Å². The summed E-state index contributed by atoms with van der Waals surface area (Å²) in [6.45, 7) is 2.34. The van der Waals surface area contributed by atoms with Crippen molar-refractivity contribution >= 4 is 28.1 Å². The molecule has 0 fully saturated rings. The van der Waals surface area contributed by atoms with Crippen LogP contribution in [0.4, 0.5) is 0 Å². The molecule has 2 aromatic rings. The number of nitrogens with zero attached hydrogens (tertiary/aromatic N) is 1. The van der Waals surface area contributed by atoms with E-state index in [0.717, 1.165) is 4.47 Å². The number of hydrogen-bond acceptors (Lipinski definition) is 5. The van der Waals surface area contributed by atoms with E-state index in [9.17, 15) is 4.79 Å². The fourth-order valence-corrected chi connectivity index (χ4v) is 2.66. The SMILES string of the molecule is CCOc1ccccc1C(=O)NN=Cc1cc(Br)c(OC)cc1OC. The van der Waals surface area contributed by atoms with Crippen LogP contribution in [0.5, 0.6) is 17.2 Å². The van der Waals surface area contributed by atoms with Crippen LogP contribution in [0.25, 0.3) is 0 Å². The van der Waals surface area contributed by atoms with E-state index in [1.54, 1.807) is 44.6 Å². The Hall–Kier alpha value is -2.54. The molecule has 2 aromatic carbocycles. The maximum atomic E-state index is 12.3. The molecule has 0 bridgehead atoms. The van der Waals surface area contributed by atoms with Crippen molar-refractivity contribution < 1.29 is 19.0 Å². The molecule has 0 aromatic heterocycles. The summed E-state index contributed by atoms with van der Waals surface area (Å²) >= 11 is 3.41. The Bertz CT molecular complexity index is 778. The Kier molecular flexibility index (Phi) is 6.82. The van der Waals surface area contributed by atoms with Crippen molar-refractivity contribution in [2.45, 2.75) is 6.92 Å². The van der Waals surface area contributed by atoms with Crippen LogP contribution in [0.15, 0.2) is 46.0 Å². The first-order chi connectivity index (χ1) is 12.1. The minimum atomic E-state index is -0.355. The molecule has 0 saturated heterocycles. The molecule has 0 heterocycles. The monoisotopic (exact) mass is 406 g/mol. The molecule has 2 rings (SSSR count). The molecular weight excluding hydrogens is 388 g/mol. The first-order valence-electron chi connectivity index (χ1n) is 7.57. The van der Waals surface area contributed by atoms with Crippen LogP contribution >= 0.6 is 15.9 Å². The van der Waals surface area contributed by atoms with Crippen molar-refractivity contribution in [3.05, 3.63) is 52.0 Å². The highest BCUT2D eigenvalue weighted by molar-refractivity contribution is 9.10. The highest BCUT2D eigenvalue weighted by atomic mass is 79.9. The third-order valence-corrected chi connectivity index (χ3v) is 3.93. The minimum absolute atomic E-state index is 0.355. The standard InChI is InChI=1S/C18H19BrN2O4/c1-4-25-15-8-6-5-7-13(15)18(22)21-20-11-12-9-14(19)17(24-3)10-16(12)23-2/h5-11H,4H2,1-3H3,(H,21,22). The van der Waals surface area contributed by atoms with Gasteiger partial charge in [-0.25, -0.2) is 5.43 Å². The molecule has 7 heteroatoms. The Balaban J connectivity index is 2.16. The Morgan fingerprint density at radius 3 is 2.56 bits per heavy atom. The number of para-hydroxylation sites is 1. The van der Waals surface area contributed by atoms with Crippen molar-refractivity contribution in [1.29, 1.82) is 0 Å². The minimum Gasteiger partial charge on any atom is -0.496 e. The Morgan fingerprint density at radius 2 is 1.88 bits per heavy atom. The van der Waals surface area contributed by atoms with E-state index in [0.29, 0.717) is 35.0 Å². The summed E-state index contributed by atoms with van der Waals surface area (Å²) in [5, 5.41) is 4.00. The molecule has 6 nitrogen and oxygen atoms in total. The second kappa shape index (κ2) is 9.08. The zero-order chi connectivity index (χ0) is 18.2. The van der Waals surface area contributed by atoms with E-state index in [1.807, 2.05) is 13.0 Å². The van der Waals surface area contributed by atoms with E-state index in [-0.39, 0.29) is 5.91 Å². The van der Waals surface area contributed by atoms with Gasteiger partial charge < -0.3 is 14.2 Å². The summed E-state index contributed by atoms with van der Waals surface area (Å²) in [5.74, 6) is 1.38. The Morgan fingerprint density at radius 1 is 1.16 bits per heavy atom. The van der Waals surface area contributed by atoms with Crippen LogP contribution in [0.3, 0.4) is 0 Å². The quantitative estimate of drug-likeness (QED) is 0.562. The summed E-state index contributed by atoms with van der Waals surface area (Å²) in [7, 11) is 3.13. The van der Waals surface area contributed by atoms with Crippen LogP contribution in [0, 0.1) is 0 Å². The van der Waals surface area contributed by atoms with Gasteiger partial charge in [-0.15, -0.1) is 0 Å². The normalized spacial score (nSPS) is 10.6. The Labute approximate surface area is 154 Å². The van der Waals surface area contributed by atoms with Gasteiger partial charge in [0, 0.05) is 11.6 Å². The largest absolute Gasteiger partial charge is 0.496 e. The zero-order valence-corrected chi connectivity index (χ0v) is 15.8. The number of methoxy groups -OCH3 is 2. The van der Waals surface area contributed by atoms with Gasteiger partial charge >= 0.3 is 0 Å². The predicted octanol–water partition coefficient (Wildman–Crippen LogP) is 3.63. The van der Waals surface area contributed by atoms with Crippen molar-refractivity contribution in [2.24, 2.45) is 5.10 Å². The molecule has 25 heavy (non-hydrogen) atoms. The maximum Gasteiger partial charge on any atom is 0.275 e. The molecule has 0 unspecified atom stereocenters. The van der Waals surface area contributed by atoms with E-state index in [1.165, 1.54) is 6.21 Å². The average Bonchev–Trinajstić information content (AvgIpc) is 2.62. The number of rotatable bonds is 7. The topological polar surface area (TPSA) is 69.2 Å². The lowest BCUT2D eigenvalue weighted by molar-refractivity contribution is 0.0951. The van der Waals surface area contributed by atoms with E-state index in [2.05, 4.69) is 26.5 Å². The molecule has 132 valence electrons. The fraction of sp³-hybridized carbons (Fsp3) is 0.222. The third-order valence-electron chi connectivity index (χ3n) is 3.31. The van der Waals surface area contributed by atoms with Crippen molar-refractivity contribution in [3.8, 4) is 17.2 Å². The highest BCUT2D eigenvalue weighted by Gasteiger charge is 2.11. The number of benzene rings is 2. The lowest BCUT2D eigenvalue weighted by Crippen LogP contribution is -2.18. The summed E-state index contributed by atoms with van der Waals surface area (Å²) in [6, 6.07) is 10.5. The summed E-state index contributed by atoms with van der Waals surface area (Å²) in [6.07, 6.45) is 1.50. The number of nitrogens with one attached hydrogen (secondary N) is 1. The first kappa shape index (κ1) is 18.8. The summed E-state index contributed by atoms with van der Waals surface area (Å²) < 4.78 is 16.7. The molecule has 0 aliphatic heterocycles. The fourth-order valence-electron chi connectivity index (χ4n) is 2.14. The average molecular weight is 407 g/mol. The van der Waals surface area contributed by atoms with Gasteiger partial charge in [-0.05, 0) is 41.1 Å². The molecular formula is C18H19BrN2O4. The van der Waals surface area contributed by atoms with Gasteiger partial charge in [0.25, 0.3) is 5.91 Å². The maximum absolute atomic E-state index is 12.3. The second-order valence-electron chi connectivity index (χ2n) is 4.86. The number of amides is 1. The third kappa shape index (κ3) is 4.73.